The van der Waals surface area contributed by atoms with Crippen molar-refractivity contribution in [2.45, 2.75) is 101 Å². The van der Waals surface area contributed by atoms with Crippen molar-refractivity contribution in [3.63, 3.8) is 0 Å². The summed E-state index contributed by atoms with van der Waals surface area (Å²) >= 11 is 1.67. The molecular weight excluding hydrogens is 410 g/mol. The van der Waals surface area contributed by atoms with Crippen LogP contribution in [-0.2, 0) is 11.3 Å². The Morgan fingerprint density at radius 2 is 1.84 bits per heavy atom. The number of aromatic nitrogens is 6. The molecule has 0 unspecified atom stereocenters. The molecule has 9 heteroatoms. The molecule has 2 aromatic heterocycles. The van der Waals surface area contributed by atoms with Gasteiger partial charge in [0.25, 0.3) is 0 Å². The molecular formula is C22H33N7OS. The smallest absolute Gasteiger partial charge is 0.223 e. The van der Waals surface area contributed by atoms with Gasteiger partial charge in [-0.3, -0.25) is 4.79 Å². The molecule has 168 valence electrons. The lowest BCUT2D eigenvalue weighted by atomic mass is 9.93. The molecule has 1 amide bonds. The topological polar surface area (TPSA) is 89.7 Å². The largest absolute Gasteiger partial charge is 0.334 e. The molecule has 2 aliphatic rings. The summed E-state index contributed by atoms with van der Waals surface area (Å²) in [5.74, 6) is 1.08. The number of nitrogens with zero attached hydrogens (tertiary/aromatic N) is 7. The molecule has 0 aliphatic heterocycles. The average molecular weight is 444 g/mol. The lowest BCUT2D eigenvalue weighted by Crippen LogP contribution is -2.41. The lowest BCUT2D eigenvalue weighted by Gasteiger charge is -2.34. The molecule has 0 atom stereocenters. The van der Waals surface area contributed by atoms with E-state index in [0.717, 1.165) is 48.7 Å². The van der Waals surface area contributed by atoms with Gasteiger partial charge in [-0.2, -0.15) is 10.2 Å². The maximum absolute atomic E-state index is 13.1. The Bertz CT molecular complexity index is 803. The Morgan fingerprint density at radius 3 is 2.58 bits per heavy atom. The summed E-state index contributed by atoms with van der Waals surface area (Å²) in [5, 5.41) is 21.4. The maximum atomic E-state index is 13.1. The van der Waals surface area contributed by atoms with Gasteiger partial charge >= 0.3 is 0 Å². The van der Waals surface area contributed by atoms with Gasteiger partial charge in [0.15, 0.2) is 0 Å². The van der Waals surface area contributed by atoms with E-state index in [1.54, 1.807) is 18.0 Å². The Labute approximate surface area is 188 Å². The monoisotopic (exact) mass is 443 g/mol. The van der Waals surface area contributed by atoms with E-state index in [-0.39, 0.29) is 5.91 Å². The molecule has 0 bridgehead atoms. The molecule has 2 aromatic rings. The van der Waals surface area contributed by atoms with Crippen LogP contribution in [0.25, 0.3) is 0 Å². The van der Waals surface area contributed by atoms with Crippen molar-refractivity contribution in [1.82, 2.24) is 35.3 Å². The summed E-state index contributed by atoms with van der Waals surface area (Å²) in [6.07, 6.45) is 15.1. The molecule has 0 aromatic carbocycles. The SMILES string of the molecule is O=C(CCCSc1nnnn1C1CCCCC1)N(Cc1cccnn1)C1CCCCC1. The first-order chi connectivity index (χ1) is 15.3. The van der Waals surface area contributed by atoms with E-state index in [1.807, 2.05) is 16.8 Å². The predicted octanol–water partition coefficient (Wildman–Crippen LogP) is 4.20. The van der Waals surface area contributed by atoms with Crippen LogP contribution in [0.4, 0.5) is 0 Å². The standard InChI is InChI=1S/C22H33N7OS/c30-21(28(19-10-3-1-4-11-19)17-18-9-7-15-23-24-18)14-8-16-31-22-25-26-27-29(22)20-12-5-2-6-13-20/h7,9,15,19-20H,1-6,8,10-14,16-17H2. The zero-order valence-electron chi connectivity index (χ0n) is 18.2. The van der Waals surface area contributed by atoms with Crippen LogP contribution in [0, 0.1) is 0 Å². The second-order valence-corrected chi connectivity index (χ2v) is 9.74. The van der Waals surface area contributed by atoms with E-state index in [9.17, 15) is 4.79 Å². The quantitative estimate of drug-likeness (QED) is 0.424. The molecule has 0 radical (unpaired) electrons. The van der Waals surface area contributed by atoms with Gasteiger partial charge in [-0.1, -0.05) is 50.3 Å². The number of amides is 1. The third-order valence-electron chi connectivity index (χ3n) is 6.45. The Hall–Kier alpha value is -2.03. The molecule has 2 heterocycles. The molecule has 31 heavy (non-hydrogen) atoms. The number of rotatable bonds is 9. The lowest BCUT2D eigenvalue weighted by molar-refractivity contribution is -0.135. The summed E-state index contributed by atoms with van der Waals surface area (Å²) in [4.78, 5) is 15.2. The zero-order chi connectivity index (χ0) is 21.3. The van der Waals surface area contributed by atoms with Crippen molar-refractivity contribution in [3.8, 4) is 0 Å². The van der Waals surface area contributed by atoms with Crippen molar-refractivity contribution in [2.75, 3.05) is 5.75 Å². The van der Waals surface area contributed by atoms with E-state index in [1.165, 1.54) is 38.5 Å². The van der Waals surface area contributed by atoms with Gasteiger partial charge < -0.3 is 4.90 Å². The predicted molar refractivity (Wildman–Crippen MR) is 119 cm³/mol. The third kappa shape index (κ3) is 6.24. The van der Waals surface area contributed by atoms with Gasteiger partial charge in [-0.05, 0) is 54.7 Å². The first kappa shape index (κ1) is 22.2. The van der Waals surface area contributed by atoms with Crippen molar-refractivity contribution in [1.29, 1.82) is 0 Å². The van der Waals surface area contributed by atoms with Gasteiger partial charge in [-0.25, -0.2) is 4.68 Å². The average Bonchev–Trinajstić information content (AvgIpc) is 3.30. The first-order valence-corrected chi connectivity index (χ1v) is 12.8. The molecule has 2 aliphatic carbocycles. The van der Waals surface area contributed by atoms with Gasteiger partial charge in [0.2, 0.25) is 11.1 Å². The van der Waals surface area contributed by atoms with E-state index in [2.05, 4.69) is 30.6 Å². The summed E-state index contributed by atoms with van der Waals surface area (Å²) in [5.41, 5.74) is 0.863. The third-order valence-corrected chi connectivity index (χ3v) is 7.46. The van der Waals surface area contributed by atoms with Crippen LogP contribution in [0.3, 0.4) is 0 Å². The Balaban J connectivity index is 1.29. The molecule has 0 N–H and O–H groups in total. The summed E-state index contributed by atoms with van der Waals surface area (Å²) < 4.78 is 2.01. The zero-order valence-corrected chi connectivity index (χ0v) is 19.0. The summed E-state index contributed by atoms with van der Waals surface area (Å²) in [7, 11) is 0. The molecule has 2 fully saturated rings. The van der Waals surface area contributed by atoms with Gasteiger partial charge in [0.05, 0.1) is 18.3 Å². The number of carbonyl (C=O) groups excluding carboxylic acids is 1. The van der Waals surface area contributed by atoms with E-state index in [4.69, 9.17) is 0 Å². The Kier molecular flexibility index (Phi) is 8.26. The van der Waals surface area contributed by atoms with Crippen molar-refractivity contribution >= 4 is 17.7 Å². The number of thioether (sulfide) groups is 1. The highest BCUT2D eigenvalue weighted by atomic mass is 32.2. The summed E-state index contributed by atoms with van der Waals surface area (Å²) in [6, 6.07) is 4.60. The first-order valence-electron chi connectivity index (χ1n) is 11.8. The van der Waals surface area contributed by atoms with Gasteiger partial charge in [-0.15, -0.1) is 5.10 Å². The number of carbonyl (C=O) groups is 1. The van der Waals surface area contributed by atoms with Crippen LogP contribution < -0.4 is 0 Å². The highest BCUT2D eigenvalue weighted by molar-refractivity contribution is 7.99. The number of hydrogen-bond donors (Lipinski definition) is 0. The second-order valence-electron chi connectivity index (χ2n) is 8.68. The Morgan fingerprint density at radius 1 is 1.06 bits per heavy atom. The molecule has 4 rings (SSSR count). The normalized spacial score (nSPS) is 18.2. The number of hydrogen-bond acceptors (Lipinski definition) is 7. The molecule has 0 spiro atoms. The van der Waals surface area contributed by atoms with E-state index in [0.29, 0.717) is 25.0 Å². The van der Waals surface area contributed by atoms with Crippen molar-refractivity contribution < 1.29 is 4.79 Å². The fourth-order valence-electron chi connectivity index (χ4n) is 4.77. The number of tetrazole rings is 1. The van der Waals surface area contributed by atoms with Crippen molar-refractivity contribution in [2.24, 2.45) is 0 Å². The summed E-state index contributed by atoms with van der Waals surface area (Å²) in [6.45, 7) is 0.560. The van der Waals surface area contributed by atoms with Gasteiger partial charge in [0.1, 0.15) is 0 Å². The van der Waals surface area contributed by atoms with Crippen LogP contribution in [0.5, 0.6) is 0 Å². The fraction of sp³-hybridized carbons (Fsp3) is 0.727. The minimum absolute atomic E-state index is 0.227. The minimum Gasteiger partial charge on any atom is -0.334 e. The highest BCUT2D eigenvalue weighted by Gasteiger charge is 2.26. The van der Waals surface area contributed by atoms with Crippen LogP contribution in [0.2, 0.25) is 0 Å². The highest BCUT2D eigenvalue weighted by Crippen LogP contribution is 2.30. The maximum Gasteiger partial charge on any atom is 0.223 e. The van der Waals surface area contributed by atoms with Crippen LogP contribution in [0.1, 0.15) is 88.8 Å². The second kappa shape index (κ2) is 11.5. The van der Waals surface area contributed by atoms with Gasteiger partial charge in [0, 0.05) is 24.4 Å². The molecule has 8 nitrogen and oxygen atoms in total. The van der Waals surface area contributed by atoms with E-state index >= 15 is 0 Å². The van der Waals surface area contributed by atoms with Crippen molar-refractivity contribution in [3.05, 3.63) is 24.0 Å². The molecule has 2 saturated carbocycles. The fourth-order valence-corrected chi connectivity index (χ4v) is 5.65. The van der Waals surface area contributed by atoms with Crippen LogP contribution >= 0.6 is 11.8 Å². The van der Waals surface area contributed by atoms with Crippen LogP contribution in [0.15, 0.2) is 23.5 Å². The molecule has 0 saturated heterocycles. The minimum atomic E-state index is 0.227. The van der Waals surface area contributed by atoms with E-state index < -0.39 is 0 Å². The van der Waals surface area contributed by atoms with Crippen LogP contribution in [-0.4, -0.2) is 53.0 Å².